The van der Waals surface area contributed by atoms with E-state index in [1.54, 1.807) is 0 Å². The van der Waals surface area contributed by atoms with Crippen LogP contribution in [0.1, 0.15) is 17.5 Å². The molecule has 0 atom stereocenters. The molecule has 0 heterocycles. The minimum atomic E-state index is -0.145. The fourth-order valence-corrected chi connectivity index (χ4v) is 1.66. The molecule has 0 aromatic heterocycles. The zero-order valence-corrected chi connectivity index (χ0v) is 11.5. The molecule has 0 aliphatic rings. The van der Waals surface area contributed by atoms with E-state index in [4.69, 9.17) is 22.1 Å². The van der Waals surface area contributed by atoms with E-state index in [1.807, 2.05) is 26.0 Å². The number of ether oxygens (including phenoxy) is 1. The second-order valence-electron chi connectivity index (χ2n) is 4.13. The number of rotatable bonds is 6. The van der Waals surface area contributed by atoms with E-state index in [0.717, 1.165) is 28.3 Å². The molecule has 18 heavy (non-hydrogen) atoms. The number of carbonyl (C=O) groups is 1. The molecule has 0 radical (unpaired) electrons. The topological polar surface area (TPSA) is 64.3 Å². The molecule has 0 unspecified atom stereocenters. The van der Waals surface area contributed by atoms with Crippen LogP contribution in [0.25, 0.3) is 0 Å². The van der Waals surface area contributed by atoms with Crippen molar-refractivity contribution in [2.45, 2.75) is 20.3 Å². The molecule has 5 heteroatoms. The Bertz CT molecular complexity index is 398. The molecule has 100 valence electrons. The lowest BCUT2D eigenvalue weighted by Crippen LogP contribution is -2.31. The average Bonchev–Trinajstić information content (AvgIpc) is 2.35. The molecule has 1 amide bonds. The monoisotopic (exact) mass is 270 g/mol. The molecule has 0 bridgehead atoms. The zero-order chi connectivity index (χ0) is 13.5. The highest BCUT2D eigenvalue weighted by Gasteiger charge is 2.03. The number of benzene rings is 1. The minimum absolute atomic E-state index is 0.0242. The van der Waals surface area contributed by atoms with Gasteiger partial charge in [-0.1, -0.05) is 11.6 Å². The Balaban J connectivity index is 2.34. The number of hydrogen-bond acceptors (Lipinski definition) is 3. The van der Waals surface area contributed by atoms with Gasteiger partial charge in [-0.15, -0.1) is 0 Å². The standard InChI is InChI=1S/C13H19ClN2O2/c1-9-6-11(7-10(2)13(9)14)18-5-3-4-16-12(17)8-15/h6-7H,3-5,8,15H2,1-2H3,(H,16,17). The van der Waals surface area contributed by atoms with Crippen molar-refractivity contribution >= 4 is 17.5 Å². The van der Waals surface area contributed by atoms with Gasteiger partial charge in [-0.3, -0.25) is 4.79 Å². The fraction of sp³-hybridized carbons (Fsp3) is 0.462. The van der Waals surface area contributed by atoms with Crippen LogP contribution < -0.4 is 15.8 Å². The molecule has 0 aliphatic carbocycles. The fourth-order valence-electron chi connectivity index (χ4n) is 1.55. The van der Waals surface area contributed by atoms with Crippen LogP contribution in [-0.4, -0.2) is 25.6 Å². The van der Waals surface area contributed by atoms with E-state index in [2.05, 4.69) is 5.32 Å². The van der Waals surface area contributed by atoms with Gasteiger partial charge in [0.05, 0.1) is 13.2 Å². The van der Waals surface area contributed by atoms with Crippen LogP contribution in [0.2, 0.25) is 5.02 Å². The first-order valence-corrected chi connectivity index (χ1v) is 6.28. The van der Waals surface area contributed by atoms with Crippen molar-refractivity contribution in [3.8, 4) is 5.75 Å². The summed E-state index contributed by atoms with van der Waals surface area (Å²) in [6.45, 7) is 5.04. The number of nitrogens with one attached hydrogen (secondary N) is 1. The van der Waals surface area contributed by atoms with Gasteiger partial charge in [-0.2, -0.15) is 0 Å². The Labute approximate surface area is 112 Å². The van der Waals surface area contributed by atoms with E-state index >= 15 is 0 Å². The Kier molecular flexibility index (Phi) is 5.95. The highest BCUT2D eigenvalue weighted by atomic mass is 35.5. The molecule has 0 saturated heterocycles. The van der Waals surface area contributed by atoms with Gasteiger partial charge >= 0.3 is 0 Å². The quantitative estimate of drug-likeness (QED) is 0.775. The zero-order valence-electron chi connectivity index (χ0n) is 10.8. The van der Waals surface area contributed by atoms with Gasteiger partial charge in [0, 0.05) is 11.6 Å². The van der Waals surface area contributed by atoms with E-state index in [1.165, 1.54) is 0 Å². The summed E-state index contributed by atoms with van der Waals surface area (Å²) in [6, 6.07) is 3.82. The molecular formula is C13H19ClN2O2. The molecule has 4 nitrogen and oxygen atoms in total. The average molecular weight is 271 g/mol. The van der Waals surface area contributed by atoms with Gasteiger partial charge in [0.2, 0.25) is 5.91 Å². The molecule has 1 rings (SSSR count). The molecule has 0 aliphatic heterocycles. The predicted octanol–water partition coefficient (Wildman–Crippen LogP) is 1.80. The number of halogens is 1. The lowest BCUT2D eigenvalue weighted by molar-refractivity contribution is -0.119. The molecule has 0 spiro atoms. The van der Waals surface area contributed by atoms with Gasteiger partial charge in [0.1, 0.15) is 5.75 Å². The van der Waals surface area contributed by atoms with Crippen molar-refractivity contribution in [2.24, 2.45) is 5.73 Å². The molecule has 3 N–H and O–H groups in total. The Hall–Kier alpha value is -1.26. The highest BCUT2D eigenvalue weighted by molar-refractivity contribution is 6.32. The second kappa shape index (κ2) is 7.24. The third kappa shape index (κ3) is 4.55. The second-order valence-corrected chi connectivity index (χ2v) is 4.51. The number of amides is 1. The van der Waals surface area contributed by atoms with Crippen molar-refractivity contribution in [3.05, 3.63) is 28.3 Å². The molecular weight excluding hydrogens is 252 g/mol. The predicted molar refractivity (Wildman–Crippen MR) is 73.1 cm³/mol. The van der Waals surface area contributed by atoms with Gasteiger partial charge in [-0.05, 0) is 43.5 Å². The Morgan fingerprint density at radius 2 is 2.00 bits per heavy atom. The van der Waals surface area contributed by atoms with Gasteiger partial charge < -0.3 is 15.8 Å². The smallest absolute Gasteiger partial charge is 0.233 e. The summed E-state index contributed by atoms with van der Waals surface area (Å²) in [6.07, 6.45) is 0.743. The minimum Gasteiger partial charge on any atom is -0.494 e. The summed E-state index contributed by atoms with van der Waals surface area (Å²) in [7, 11) is 0. The largest absolute Gasteiger partial charge is 0.494 e. The maximum Gasteiger partial charge on any atom is 0.233 e. The van der Waals surface area contributed by atoms with Crippen LogP contribution >= 0.6 is 11.6 Å². The number of aryl methyl sites for hydroxylation is 2. The van der Waals surface area contributed by atoms with Crippen LogP contribution in [0, 0.1) is 13.8 Å². The summed E-state index contributed by atoms with van der Waals surface area (Å²) in [5.41, 5.74) is 7.18. The first-order valence-electron chi connectivity index (χ1n) is 5.91. The molecule has 1 aromatic carbocycles. The van der Waals surface area contributed by atoms with Gasteiger partial charge in [-0.25, -0.2) is 0 Å². The summed E-state index contributed by atoms with van der Waals surface area (Å²) in [4.78, 5) is 10.9. The van der Waals surface area contributed by atoms with Crippen molar-refractivity contribution in [1.82, 2.24) is 5.32 Å². The van der Waals surface area contributed by atoms with Gasteiger partial charge in [0.25, 0.3) is 0 Å². The van der Waals surface area contributed by atoms with Crippen molar-refractivity contribution in [3.63, 3.8) is 0 Å². The van der Waals surface area contributed by atoms with Crippen LogP contribution in [0.15, 0.2) is 12.1 Å². The highest BCUT2D eigenvalue weighted by Crippen LogP contribution is 2.25. The molecule has 0 fully saturated rings. The third-order valence-electron chi connectivity index (χ3n) is 2.51. The van der Waals surface area contributed by atoms with Crippen molar-refractivity contribution in [1.29, 1.82) is 0 Å². The number of nitrogens with two attached hydrogens (primary N) is 1. The lowest BCUT2D eigenvalue weighted by Gasteiger charge is -2.10. The summed E-state index contributed by atoms with van der Waals surface area (Å²) in [5, 5.41) is 3.46. The third-order valence-corrected chi connectivity index (χ3v) is 3.10. The lowest BCUT2D eigenvalue weighted by atomic mass is 10.1. The summed E-state index contributed by atoms with van der Waals surface area (Å²) >= 11 is 6.07. The Morgan fingerprint density at radius 1 is 1.39 bits per heavy atom. The van der Waals surface area contributed by atoms with Crippen LogP contribution in [0.4, 0.5) is 0 Å². The van der Waals surface area contributed by atoms with Crippen LogP contribution in [-0.2, 0) is 4.79 Å². The van der Waals surface area contributed by atoms with Crippen LogP contribution in [0.5, 0.6) is 5.75 Å². The maximum absolute atomic E-state index is 10.9. The maximum atomic E-state index is 10.9. The number of hydrogen-bond donors (Lipinski definition) is 2. The van der Waals surface area contributed by atoms with Crippen molar-refractivity contribution < 1.29 is 9.53 Å². The van der Waals surface area contributed by atoms with Gasteiger partial charge in [0.15, 0.2) is 0 Å². The summed E-state index contributed by atoms with van der Waals surface area (Å²) in [5.74, 6) is 0.660. The first-order chi connectivity index (χ1) is 8.54. The van der Waals surface area contributed by atoms with E-state index in [0.29, 0.717) is 13.2 Å². The van der Waals surface area contributed by atoms with E-state index in [9.17, 15) is 4.79 Å². The molecule has 1 aromatic rings. The summed E-state index contributed by atoms with van der Waals surface area (Å²) < 4.78 is 5.60. The first kappa shape index (κ1) is 14.8. The van der Waals surface area contributed by atoms with Crippen LogP contribution in [0.3, 0.4) is 0 Å². The number of carbonyl (C=O) groups excluding carboxylic acids is 1. The molecule has 0 saturated carbocycles. The normalized spacial score (nSPS) is 10.2. The van der Waals surface area contributed by atoms with Crippen molar-refractivity contribution in [2.75, 3.05) is 19.7 Å². The van der Waals surface area contributed by atoms with E-state index in [-0.39, 0.29) is 12.5 Å². The SMILES string of the molecule is Cc1cc(OCCCNC(=O)CN)cc(C)c1Cl. The van der Waals surface area contributed by atoms with E-state index < -0.39 is 0 Å². The Morgan fingerprint density at radius 3 is 2.56 bits per heavy atom.